The third-order valence-corrected chi connectivity index (χ3v) is 3.74. The lowest BCUT2D eigenvalue weighted by Crippen LogP contribution is -2.24. The quantitative estimate of drug-likeness (QED) is 0.899. The van der Waals surface area contributed by atoms with E-state index in [-0.39, 0.29) is 0 Å². The number of anilines is 2. The van der Waals surface area contributed by atoms with Crippen LogP contribution in [-0.4, -0.2) is 13.6 Å². The summed E-state index contributed by atoms with van der Waals surface area (Å²) in [5.74, 6) is 0. The monoisotopic (exact) mass is 252 g/mol. The molecular weight excluding hydrogens is 232 g/mol. The van der Waals surface area contributed by atoms with Crippen molar-refractivity contribution < 1.29 is 0 Å². The second kappa shape index (κ2) is 5.45. The maximum absolute atomic E-state index is 3.19. The van der Waals surface area contributed by atoms with Crippen LogP contribution < -0.4 is 10.2 Å². The lowest BCUT2D eigenvalue weighted by molar-refractivity contribution is 0.766. The van der Waals surface area contributed by atoms with Gasteiger partial charge in [-0.3, -0.25) is 0 Å². The maximum Gasteiger partial charge on any atom is 0.0443 e. The van der Waals surface area contributed by atoms with Gasteiger partial charge in [0.2, 0.25) is 0 Å². The molecule has 1 heterocycles. The molecule has 0 aliphatic carbocycles. The van der Waals surface area contributed by atoms with Crippen LogP contribution >= 0.6 is 0 Å². The van der Waals surface area contributed by atoms with E-state index in [4.69, 9.17) is 0 Å². The Kier molecular flexibility index (Phi) is 3.51. The topological polar surface area (TPSA) is 15.3 Å². The van der Waals surface area contributed by atoms with E-state index in [0.717, 1.165) is 13.1 Å². The number of aryl methyl sites for hydroxylation is 1. The highest BCUT2D eigenvalue weighted by atomic mass is 15.1. The lowest BCUT2D eigenvalue weighted by Gasteiger charge is -2.31. The molecular formula is C17H20N2. The maximum atomic E-state index is 3.19. The fraction of sp³-hybridized carbons (Fsp3) is 0.294. The summed E-state index contributed by atoms with van der Waals surface area (Å²) in [6, 6.07) is 17.6. The van der Waals surface area contributed by atoms with Crippen molar-refractivity contribution in [3.8, 4) is 0 Å². The van der Waals surface area contributed by atoms with Crippen molar-refractivity contribution in [1.82, 2.24) is 5.32 Å². The highest BCUT2D eigenvalue weighted by Gasteiger charge is 2.17. The van der Waals surface area contributed by atoms with Crippen LogP contribution in [0.1, 0.15) is 17.5 Å². The molecule has 0 fully saturated rings. The molecule has 2 heteroatoms. The van der Waals surface area contributed by atoms with E-state index in [2.05, 4.69) is 58.7 Å². The molecule has 0 radical (unpaired) electrons. The van der Waals surface area contributed by atoms with Gasteiger partial charge < -0.3 is 10.2 Å². The van der Waals surface area contributed by atoms with Gasteiger partial charge in [-0.05, 0) is 49.2 Å². The summed E-state index contributed by atoms with van der Waals surface area (Å²) in [7, 11) is 1.98. The zero-order chi connectivity index (χ0) is 13.1. The van der Waals surface area contributed by atoms with E-state index in [1.807, 2.05) is 7.05 Å². The standard InChI is InChI=1S/C17H20N2/c1-18-13-14-8-10-16(11-9-14)19-12-4-6-15-5-2-3-7-17(15)19/h2-3,5,7-11,18H,4,6,12-13H2,1H3. The van der Waals surface area contributed by atoms with E-state index < -0.39 is 0 Å². The first-order valence-electron chi connectivity index (χ1n) is 6.97. The number of hydrogen-bond acceptors (Lipinski definition) is 2. The molecule has 0 spiro atoms. The van der Waals surface area contributed by atoms with Crippen molar-refractivity contribution in [2.45, 2.75) is 19.4 Å². The molecule has 19 heavy (non-hydrogen) atoms. The molecule has 0 saturated carbocycles. The summed E-state index contributed by atoms with van der Waals surface area (Å²) in [4.78, 5) is 2.43. The third kappa shape index (κ3) is 2.49. The van der Waals surface area contributed by atoms with Crippen molar-refractivity contribution >= 4 is 11.4 Å². The summed E-state index contributed by atoms with van der Waals surface area (Å²) in [6.45, 7) is 2.04. The molecule has 2 aromatic carbocycles. The molecule has 3 rings (SSSR count). The van der Waals surface area contributed by atoms with Gasteiger partial charge >= 0.3 is 0 Å². The van der Waals surface area contributed by atoms with Crippen molar-refractivity contribution in [3.63, 3.8) is 0 Å². The van der Waals surface area contributed by atoms with Gasteiger partial charge in [0.1, 0.15) is 0 Å². The Morgan fingerprint density at radius 3 is 2.63 bits per heavy atom. The second-order valence-corrected chi connectivity index (χ2v) is 5.08. The second-order valence-electron chi connectivity index (χ2n) is 5.08. The molecule has 98 valence electrons. The first-order chi connectivity index (χ1) is 9.38. The first-order valence-corrected chi connectivity index (χ1v) is 6.97. The highest BCUT2D eigenvalue weighted by molar-refractivity contribution is 5.67. The Bertz CT molecular complexity index is 545. The Labute approximate surface area is 115 Å². The van der Waals surface area contributed by atoms with Crippen molar-refractivity contribution in [2.24, 2.45) is 0 Å². The molecule has 0 atom stereocenters. The number of rotatable bonds is 3. The minimum atomic E-state index is 0.927. The van der Waals surface area contributed by atoms with Gasteiger partial charge in [0.25, 0.3) is 0 Å². The molecule has 2 aromatic rings. The van der Waals surface area contributed by atoms with Crippen LogP contribution in [0.25, 0.3) is 0 Å². The summed E-state index contributed by atoms with van der Waals surface area (Å²) in [5, 5.41) is 3.19. The van der Waals surface area contributed by atoms with E-state index in [1.54, 1.807) is 0 Å². The van der Waals surface area contributed by atoms with E-state index >= 15 is 0 Å². The predicted octanol–water partition coefficient (Wildman–Crippen LogP) is 3.49. The van der Waals surface area contributed by atoms with E-state index in [9.17, 15) is 0 Å². The van der Waals surface area contributed by atoms with Crippen LogP contribution in [0.15, 0.2) is 48.5 Å². The Balaban J connectivity index is 1.90. The molecule has 1 aliphatic heterocycles. The Morgan fingerprint density at radius 2 is 1.84 bits per heavy atom. The average molecular weight is 252 g/mol. The third-order valence-electron chi connectivity index (χ3n) is 3.74. The van der Waals surface area contributed by atoms with Gasteiger partial charge in [-0.1, -0.05) is 30.3 Å². The van der Waals surface area contributed by atoms with Crippen molar-refractivity contribution in [3.05, 3.63) is 59.7 Å². The Morgan fingerprint density at radius 1 is 1.05 bits per heavy atom. The van der Waals surface area contributed by atoms with Gasteiger partial charge in [0, 0.05) is 24.5 Å². The smallest absolute Gasteiger partial charge is 0.0443 e. The van der Waals surface area contributed by atoms with Crippen LogP contribution in [0.3, 0.4) is 0 Å². The van der Waals surface area contributed by atoms with Gasteiger partial charge in [-0.15, -0.1) is 0 Å². The molecule has 0 bridgehead atoms. The van der Waals surface area contributed by atoms with Gasteiger partial charge in [-0.25, -0.2) is 0 Å². The first kappa shape index (κ1) is 12.2. The van der Waals surface area contributed by atoms with Gasteiger partial charge in [0.15, 0.2) is 0 Å². The molecule has 0 unspecified atom stereocenters. The summed E-state index contributed by atoms with van der Waals surface area (Å²) >= 11 is 0. The minimum Gasteiger partial charge on any atom is -0.341 e. The van der Waals surface area contributed by atoms with Crippen molar-refractivity contribution in [2.75, 3.05) is 18.5 Å². The zero-order valence-corrected chi connectivity index (χ0v) is 11.4. The van der Waals surface area contributed by atoms with Crippen LogP contribution in [0.4, 0.5) is 11.4 Å². The lowest BCUT2D eigenvalue weighted by atomic mass is 10.0. The number of nitrogens with zero attached hydrogens (tertiary/aromatic N) is 1. The summed E-state index contributed by atoms with van der Waals surface area (Å²) < 4.78 is 0. The van der Waals surface area contributed by atoms with Crippen LogP contribution in [0, 0.1) is 0 Å². The number of para-hydroxylation sites is 1. The summed E-state index contributed by atoms with van der Waals surface area (Å²) in [5.41, 5.74) is 5.46. The largest absolute Gasteiger partial charge is 0.341 e. The van der Waals surface area contributed by atoms with Crippen LogP contribution in [0.5, 0.6) is 0 Å². The minimum absolute atomic E-state index is 0.927. The number of nitrogens with one attached hydrogen (secondary N) is 1. The van der Waals surface area contributed by atoms with Crippen LogP contribution in [-0.2, 0) is 13.0 Å². The zero-order valence-electron chi connectivity index (χ0n) is 11.4. The van der Waals surface area contributed by atoms with Gasteiger partial charge in [0.05, 0.1) is 0 Å². The molecule has 1 aliphatic rings. The van der Waals surface area contributed by atoms with E-state index in [0.29, 0.717) is 0 Å². The number of benzene rings is 2. The molecule has 0 amide bonds. The number of fused-ring (bicyclic) bond motifs is 1. The normalized spacial score (nSPS) is 14.3. The summed E-state index contributed by atoms with van der Waals surface area (Å²) in [6.07, 6.45) is 2.43. The molecule has 1 N–H and O–H groups in total. The average Bonchev–Trinajstić information content (AvgIpc) is 2.48. The number of hydrogen-bond donors (Lipinski definition) is 1. The van der Waals surface area contributed by atoms with Gasteiger partial charge in [-0.2, -0.15) is 0 Å². The predicted molar refractivity (Wildman–Crippen MR) is 81.0 cm³/mol. The van der Waals surface area contributed by atoms with Crippen molar-refractivity contribution in [1.29, 1.82) is 0 Å². The molecule has 2 nitrogen and oxygen atoms in total. The van der Waals surface area contributed by atoms with Crippen LogP contribution in [0.2, 0.25) is 0 Å². The SMILES string of the molecule is CNCc1ccc(N2CCCc3ccccc32)cc1. The molecule has 0 aromatic heterocycles. The highest BCUT2D eigenvalue weighted by Crippen LogP contribution is 2.33. The Hall–Kier alpha value is -1.80. The fourth-order valence-corrected chi connectivity index (χ4v) is 2.80. The fourth-order valence-electron chi connectivity index (χ4n) is 2.80. The van der Waals surface area contributed by atoms with E-state index in [1.165, 1.54) is 35.3 Å². The molecule has 0 saturated heterocycles.